The summed E-state index contributed by atoms with van der Waals surface area (Å²) in [6.45, 7) is 3.91. The molecule has 10 heteroatoms. The van der Waals surface area contributed by atoms with E-state index in [9.17, 15) is 18.0 Å². The molecule has 0 aliphatic heterocycles. The second kappa shape index (κ2) is 11.0. The predicted molar refractivity (Wildman–Crippen MR) is 130 cm³/mol. The molecule has 0 bridgehead atoms. The van der Waals surface area contributed by atoms with Crippen molar-refractivity contribution in [1.29, 1.82) is 0 Å². The summed E-state index contributed by atoms with van der Waals surface area (Å²) in [5.41, 5.74) is 0.729. The van der Waals surface area contributed by atoms with Gasteiger partial charge >= 0.3 is 5.97 Å². The van der Waals surface area contributed by atoms with E-state index >= 15 is 0 Å². The Morgan fingerprint density at radius 3 is 2.26 bits per heavy atom. The van der Waals surface area contributed by atoms with Gasteiger partial charge in [-0.25, -0.2) is 13.2 Å². The van der Waals surface area contributed by atoms with Crippen molar-refractivity contribution in [2.75, 3.05) is 18.7 Å². The van der Waals surface area contributed by atoms with E-state index in [1.807, 2.05) is 13.8 Å². The first-order valence-corrected chi connectivity index (χ1v) is 12.6. The Bertz CT molecular complexity index is 1300. The fourth-order valence-corrected chi connectivity index (χ4v) is 3.57. The van der Waals surface area contributed by atoms with E-state index < -0.39 is 21.7 Å². The monoisotopic (exact) mass is 498 g/mol. The third kappa shape index (κ3) is 7.03. The number of nitrogens with one attached hydrogen (secondary N) is 1. The Morgan fingerprint density at radius 2 is 1.69 bits per heavy atom. The maximum Gasteiger partial charge on any atom is 0.339 e. The largest absolute Gasteiger partial charge is 0.491 e. The molecule has 0 aliphatic carbocycles. The molecule has 0 unspecified atom stereocenters. The molecule has 0 radical (unpaired) electrons. The number of carbonyl (C=O) groups excluding carboxylic acids is 2. The Kier molecular flexibility index (Phi) is 8.08. The van der Waals surface area contributed by atoms with E-state index in [1.165, 1.54) is 37.6 Å². The molecule has 1 aromatic heterocycles. The quantitative estimate of drug-likeness (QED) is 0.428. The predicted octanol–water partition coefficient (Wildman–Crippen LogP) is 4.49. The van der Waals surface area contributed by atoms with Gasteiger partial charge in [0.2, 0.25) is 0 Å². The summed E-state index contributed by atoms with van der Waals surface area (Å²) in [4.78, 5) is 28.5. The SMILES string of the molecule is CC[C@H](C)Oc1cc(NC(=O)c2ccc(C(=O)OC)cn2)cc(Oc2ccc(S(C)(=O)=O)cc2)c1. The van der Waals surface area contributed by atoms with E-state index in [0.29, 0.717) is 22.9 Å². The number of pyridine rings is 1. The number of benzene rings is 2. The molecule has 0 fully saturated rings. The minimum absolute atomic E-state index is 0.0737. The second-order valence-electron chi connectivity index (χ2n) is 7.75. The summed E-state index contributed by atoms with van der Waals surface area (Å²) in [6.07, 6.45) is 3.09. The lowest BCUT2D eigenvalue weighted by atomic mass is 10.2. The lowest BCUT2D eigenvalue weighted by molar-refractivity contribution is 0.0599. The molecule has 0 spiro atoms. The maximum absolute atomic E-state index is 12.7. The van der Waals surface area contributed by atoms with Gasteiger partial charge in [-0.2, -0.15) is 0 Å². The first-order chi connectivity index (χ1) is 16.6. The highest BCUT2D eigenvalue weighted by atomic mass is 32.2. The third-order valence-electron chi connectivity index (χ3n) is 4.95. The Labute approximate surface area is 204 Å². The van der Waals surface area contributed by atoms with Crippen molar-refractivity contribution in [2.24, 2.45) is 0 Å². The van der Waals surface area contributed by atoms with Crippen LogP contribution in [0.25, 0.3) is 0 Å². The minimum atomic E-state index is -3.33. The normalized spacial score (nSPS) is 11.9. The van der Waals surface area contributed by atoms with Crippen LogP contribution in [0.5, 0.6) is 17.2 Å². The van der Waals surface area contributed by atoms with Crippen molar-refractivity contribution in [3.8, 4) is 17.2 Å². The van der Waals surface area contributed by atoms with Crippen LogP contribution in [0.2, 0.25) is 0 Å². The Hall–Kier alpha value is -3.92. The van der Waals surface area contributed by atoms with Gasteiger partial charge in [-0.05, 0) is 49.7 Å². The number of hydrogen-bond donors (Lipinski definition) is 1. The van der Waals surface area contributed by atoms with Gasteiger partial charge < -0.3 is 19.5 Å². The average molecular weight is 499 g/mol. The summed E-state index contributed by atoms with van der Waals surface area (Å²) >= 11 is 0. The fraction of sp³-hybridized carbons (Fsp3) is 0.240. The number of aromatic nitrogens is 1. The molecule has 35 heavy (non-hydrogen) atoms. The lowest BCUT2D eigenvalue weighted by Crippen LogP contribution is -2.15. The standard InChI is InChI=1S/C25H26N2O7S/c1-5-16(2)33-20-12-18(27-24(28)23-11-6-17(15-26-23)25(29)32-3)13-21(14-20)34-19-7-9-22(10-8-19)35(4,30)31/h6-16H,5H2,1-4H3,(H,27,28)/t16-/m0/s1. The molecule has 1 amide bonds. The van der Waals surface area contributed by atoms with Crippen LogP contribution in [0.1, 0.15) is 41.1 Å². The van der Waals surface area contributed by atoms with Gasteiger partial charge in [0.05, 0.1) is 23.7 Å². The molecule has 2 aromatic carbocycles. The van der Waals surface area contributed by atoms with Crippen molar-refractivity contribution >= 4 is 27.4 Å². The van der Waals surface area contributed by atoms with Crippen LogP contribution in [-0.4, -0.2) is 44.7 Å². The molecule has 0 aliphatic rings. The number of amides is 1. The van der Waals surface area contributed by atoms with Crippen LogP contribution in [0.4, 0.5) is 5.69 Å². The van der Waals surface area contributed by atoms with Crippen LogP contribution in [0.3, 0.4) is 0 Å². The van der Waals surface area contributed by atoms with E-state index in [0.717, 1.165) is 12.7 Å². The molecular weight excluding hydrogens is 472 g/mol. The maximum atomic E-state index is 12.7. The summed E-state index contributed by atoms with van der Waals surface area (Å²) in [6, 6.07) is 13.8. The van der Waals surface area contributed by atoms with Gasteiger partial charge in [0, 0.05) is 36.3 Å². The highest BCUT2D eigenvalue weighted by Gasteiger charge is 2.14. The number of ether oxygens (including phenoxy) is 3. The number of nitrogens with zero attached hydrogens (tertiary/aromatic N) is 1. The molecule has 184 valence electrons. The smallest absolute Gasteiger partial charge is 0.339 e. The molecule has 1 atom stereocenters. The second-order valence-corrected chi connectivity index (χ2v) is 9.77. The summed E-state index contributed by atoms with van der Waals surface area (Å²) < 4.78 is 39.8. The zero-order valence-corrected chi connectivity index (χ0v) is 20.6. The average Bonchev–Trinajstić information content (AvgIpc) is 2.83. The number of rotatable bonds is 9. The van der Waals surface area contributed by atoms with Crippen LogP contribution >= 0.6 is 0 Å². The van der Waals surface area contributed by atoms with Gasteiger partial charge in [-0.15, -0.1) is 0 Å². The van der Waals surface area contributed by atoms with E-state index in [-0.39, 0.29) is 22.3 Å². The number of sulfone groups is 1. The zero-order valence-electron chi connectivity index (χ0n) is 19.8. The summed E-state index contributed by atoms with van der Waals surface area (Å²) in [5.74, 6) is 0.225. The van der Waals surface area contributed by atoms with Gasteiger partial charge in [0.1, 0.15) is 22.9 Å². The number of anilines is 1. The Morgan fingerprint density at radius 1 is 1.00 bits per heavy atom. The molecule has 1 N–H and O–H groups in total. The van der Waals surface area contributed by atoms with Crippen LogP contribution in [0, 0.1) is 0 Å². The van der Waals surface area contributed by atoms with Gasteiger partial charge in [-0.1, -0.05) is 6.92 Å². The van der Waals surface area contributed by atoms with Crippen molar-refractivity contribution in [3.05, 3.63) is 72.1 Å². The Balaban J connectivity index is 1.85. The summed E-state index contributed by atoms with van der Waals surface area (Å²) in [7, 11) is -2.06. The topological polar surface area (TPSA) is 121 Å². The summed E-state index contributed by atoms with van der Waals surface area (Å²) in [5, 5.41) is 2.75. The molecule has 0 saturated heterocycles. The number of hydrogen-bond acceptors (Lipinski definition) is 8. The number of esters is 1. The van der Waals surface area contributed by atoms with Gasteiger partial charge in [0.15, 0.2) is 9.84 Å². The number of methoxy groups -OCH3 is 1. The molecular formula is C25H26N2O7S. The fourth-order valence-electron chi connectivity index (χ4n) is 2.94. The molecule has 1 heterocycles. The van der Waals surface area contributed by atoms with E-state index in [1.54, 1.807) is 30.3 Å². The van der Waals surface area contributed by atoms with Crippen molar-refractivity contribution in [2.45, 2.75) is 31.3 Å². The van der Waals surface area contributed by atoms with Crippen molar-refractivity contribution in [3.63, 3.8) is 0 Å². The zero-order chi connectivity index (χ0) is 25.6. The van der Waals surface area contributed by atoms with Crippen molar-refractivity contribution in [1.82, 2.24) is 4.98 Å². The van der Waals surface area contributed by atoms with Crippen molar-refractivity contribution < 1.29 is 32.2 Å². The molecule has 3 aromatic rings. The third-order valence-corrected chi connectivity index (χ3v) is 6.08. The van der Waals surface area contributed by atoms with Gasteiger partial charge in [0.25, 0.3) is 5.91 Å². The van der Waals surface area contributed by atoms with Crippen LogP contribution in [0.15, 0.2) is 65.7 Å². The highest BCUT2D eigenvalue weighted by molar-refractivity contribution is 7.90. The van der Waals surface area contributed by atoms with E-state index in [4.69, 9.17) is 9.47 Å². The van der Waals surface area contributed by atoms with Crippen LogP contribution < -0.4 is 14.8 Å². The van der Waals surface area contributed by atoms with Gasteiger partial charge in [-0.3, -0.25) is 9.78 Å². The molecule has 0 saturated carbocycles. The molecule has 3 rings (SSSR count). The van der Waals surface area contributed by atoms with Crippen LogP contribution in [-0.2, 0) is 14.6 Å². The minimum Gasteiger partial charge on any atom is -0.491 e. The number of carbonyl (C=O) groups is 2. The first kappa shape index (κ1) is 25.7. The van der Waals surface area contributed by atoms with E-state index in [2.05, 4.69) is 15.0 Å². The lowest BCUT2D eigenvalue weighted by Gasteiger charge is -2.16. The highest BCUT2D eigenvalue weighted by Crippen LogP contribution is 2.31. The molecule has 9 nitrogen and oxygen atoms in total. The first-order valence-electron chi connectivity index (χ1n) is 10.7.